The second-order valence-electron chi connectivity index (χ2n) is 7.49. The van der Waals surface area contributed by atoms with Crippen LogP contribution in [0.3, 0.4) is 0 Å². The van der Waals surface area contributed by atoms with Gasteiger partial charge < -0.3 is 10.4 Å². The number of aliphatic carboxylic acids is 1. The van der Waals surface area contributed by atoms with Crippen LogP contribution in [-0.4, -0.2) is 50.3 Å². The van der Waals surface area contributed by atoms with Crippen LogP contribution in [0.25, 0.3) is 0 Å². The predicted octanol–water partition coefficient (Wildman–Crippen LogP) is 2.10. The van der Waals surface area contributed by atoms with Gasteiger partial charge in [-0.2, -0.15) is 5.10 Å². The molecule has 1 aliphatic carbocycles. The van der Waals surface area contributed by atoms with Crippen LogP contribution in [0.1, 0.15) is 42.3 Å². The topological polar surface area (TPSA) is 87.5 Å². The summed E-state index contributed by atoms with van der Waals surface area (Å²) in [4.78, 5) is 25.5. The summed E-state index contributed by atoms with van der Waals surface area (Å²) in [5, 5.41) is 16.8. The van der Waals surface area contributed by atoms with Crippen molar-refractivity contribution in [3.63, 3.8) is 0 Å². The molecule has 7 heteroatoms. The third kappa shape index (κ3) is 4.78. The Morgan fingerprint density at radius 1 is 1.29 bits per heavy atom. The van der Waals surface area contributed by atoms with Gasteiger partial charge in [-0.3, -0.25) is 19.2 Å². The minimum atomic E-state index is -0.895. The Kier molecular flexibility index (Phi) is 6.14. The summed E-state index contributed by atoms with van der Waals surface area (Å²) in [5.74, 6) is -1.05. The van der Waals surface area contributed by atoms with E-state index in [1.807, 2.05) is 36.7 Å². The fourth-order valence-electron chi connectivity index (χ4n) is 3.44. The molecule has 1 aromatic heterocycles. The summed E-state index contributed by atoms with van der Waals surface area (Å²) in [7, 11) is 0. The lowest BCUT2D eigenvalue weighted by atomic mass is 10.2. The molecule has 1 aromatic carbocycles. The molecule has 1 heterocycles. The Hall–Kier alpha value is -2.67. The normalized spacial score (nSPS) is 14.9. The lowest BCUT2D eigenvalue weighted by molar-refractivity contribution is -0.143. The highest BCUT2D eigenvalue weighted by Gasteiger charge is 2.36. The summed E-state index contributed by atoms with van der Waals surface area (Å²) in [5.41, 5.74) is 4.10. The molecular weight excluding hydrogens is 356 g/mol. The van der Waals surface area contributed by atoms with Gasteiger partial charge in [0.25, 0.3) is 0 Å². The summed E-state index contributed by atoms with van der Waals surface area (Å²) in [6.07, 6.45) is 1.91. The van der Waals surface area contributed by atoms with Gasteiger partial charge in [-0.15, -0.1) is 0 Å². The summed E-state index contributed by atoms with van der Waals surface area (Å²) >= 11 is 0. The highest BCUT2D eigenvalue weighted by Crippen LogP contribution is 2.28. The van der Waals surface area contributed by atoms with E-state index in [1.54, 1.807) is 11.8 Å². The molecule has 2 aromatic rings. The van der Waals surface area contributed by atoms with Crippen LogP contribution in [0, 0.1) is 13.8 Å². The monoisotopic (exact) mass is 384 g/mol. The largest absolute Gasteiger partial charge is 0.480 e. The zero-order valence-corrected chi connectivity index (χ0v) is 16.7. The molecule has 7 nitrogen and oxygen atoms in total. The molecule has 0 saturated heterocycles. The molecule has 3 rings (SSSR count). The fraction of sp³-hybridized carbons (Fsp3) is 0.476. The van der Waals surface area contributed by atoms with E-state index < -0.39 is 12.0 Å². The number of aromatic nitrogens is 2. The number of carboxylic acid groups (broad SMARTS) is 1. The van der Waals surface area contributed by atoms with Gasteiger partial charge in [0.05, 0.1) is 18.8 Å². The van der Waals surface area contributed by atoms with Crippen molar-refractivity contribution in [1.82, 2.24) is 20.0 Å². The molecule has 0 spiro atoms. The minimum absolute atomic E-state index is 0.106. The van der Waals surface area contributed by atoms with Crippen LogP contribution in [0.15, 0.2) is 30.3 Å². The second-order valence-corrected chi connectivity index (χ2v) is 7.49. The van der Waals surface area contributed by atoms with E-state index in [0.29, 0.717) is 13.1 Å². The van der Waals surface area contributed by atoms with E-state index in [2.05, 4.69) is 22.5 Å². The fourth-order valence-corrected chi connectivity index (χ4v) is 3.44. The summed E-state index contributed by atoms with van der Waals surface area (Å²) < 4.78 is 1.95. The van der Waals surface area contributed by atoms with Gasteiger partial charge in [0.1, 0.15) is 6.04 Å². The van der Waals surface area contributed by atoms with Gasteiger partial charge in [-0.25, -0.2) is 0 Å². The van der Waals surface area contributed by atoms with Crippen LogP contribution >= 0.6 is 0 Å². The molecule has 2 N–H and O–H groups in total. The smallest absolute Gasteiger partial charge is 0.320 e. The average Bonchev–Trinajstić information content (AvgIpc) is 3.47. The number of aryl methyl sites for hydroxylation is 1. The zero-order chi connectivity index (χ0) is 20.3. The number of rotatable bonds is 9. The first kappa shape index (κ1) is 20.1. The Labute approximate surface area is 165 Å². The van der Waals surface area contributed by atoms with Crippen molar-refractivity contribution in [2.45, 2.75) is 58.8 Å². The molecule has 150 valence electrons. The maximum atomic E-state index is 12.4. The molecule has 1 fully saturated rings. The lowest BCUT2D eigenvalue weighted by Crippen LogP contribution is -2.46. The van der Waals surface area contributed by atoms with Crippen LogP contribution in [0.2, 0.25) is 0 Å². The molecule has 1 amide bonds. The molecule has 1 atom stereocenters. The van der Waals surface area contributed by atoms with Gasteiger partial charge in [0.2, 0.25) is 5.91 Å². The molecule has 0 radical (unpaired) electrons. The van der Waals surface area contributed by atoms with Crippen LogP contribution in [-0.2, 0) is 22.7 Å². The van der Waals surface area contributed by atoms with Crippen molar-refractivity contribution >= 4 is 11.9 Å². The van der Waals surface area contributed by atoms with Gasteiger partial charge >= 0.3 is 5.97 Å². The SMILES string of the molecule is Cc1nn(Cc2ccccc2)c(C)c1CNC(=O)CN(C1CC1)C(C)C(=O)O. The first-order valence-corrected chi connectivity index (χ1v) is 9.69. The van der Waals surface area contributed by atoms with Gasteiger partial charge in [0, 0.05) is 23.8 Å². The number of nitrogens with one attached hydrogen (secondary N) is 1. The number of carboxylic acids is 1. The van der Waals surface area contributed by atoms with Crippen molar-refractivity contribution in [3.05, 3.63) is 52.8 Å². The molecule has 0 bridgehead atoms. The average molecular weight is 384 g/mol. The summed E-state index contributed by atoms with van der Waals surface area (Å²) in [6.45, 7) is 6.77. The first-order chi connectivity index (χ1) is 13.4. The van der Waals surface area contributed by atoms with Crippen molar-refractivity contribution < 1.29 is 14.7 Å². The Morgan fingerprint density at radius 2 is 1.96 bits per heavy atom. The standard InChI is InChI=1S/C21H28N4O3/c1-14-19(15(2)25(23-14)12-17-7-5-4-6-8-17)11-22-20(26)13-24(18-9-10-18)16(3)21(27)28/h4-8,16,18H,9-13H2,1-3H3,(H,22,26)(H,27,28). The second kappa shape index (κ2) is 8.56. The van der Waals surface area contributed by atoms with Crippen LogP contribution in [0.5, 0.6) is 0 Å². The van der Waals surface area contributed by atoms with Gasteiger partial charge in [-0.1, -0.05) is 30.3 Å². The maximum absolute atomic E-state index is 12.4. The number of carbonyl (C=O) groups is 2. The third-order valence-electron chi connectivity index (χ3n) is 5.37. The van der Waals surface area contributed by atoms with Crippen LogP contribution in [0.4, 0.5) is 0 Å². The van der Waals surface area contributed by atoms with E-state index in [-0.39, 0.29) is 18.5 Å². The minimum Gasteiger partial charge on any atom is -0.480 e. The quantitative estimate of drug-likeness (QED) is 0.691. The number of benzene rings is 1. The number of nitrogens with zero attached hydrogens (tertiary/aromatic N) is 3. The Balaban J connectivity index is 1.61. The van der Waals surface area contributed by atoms with E-state index in [9.17, 15) is 14.7 Å². The van der Waals surface area contributed by atoms with E-state index >= 15 is 0 Å². The molecule has 0 aliphatic heterocycles. The first-order valence-electron chi connectivity index (χ1n) is 9.69. The molecule has 1 aliphatic rings. The van der Waals surface area contributed by atoms with E-state index in [0.717, 1.165) is 29.8 Å². The maximum Gasteiger partial charge on any atom is 0.320 e. The van der Waals surface area contributed by atoms with Crippen molar-refractivity contribution in [2.75, 3.05) is 6.54 Å². The highest BCUT2D eigenvalue weighted by atomic mass is 16.4. The lowest BCUT2D eigenvalue weighted by Gasteiger charge is -2.25. The molecular formula is C21H28N4O3. The zero-order valence-electron chi connectivity index (χ0n) is 16.7. The Morgan fingerprint density at radius 3 is 2.57 bits per heavy atom. The van der Waals surface area contributed by atoms with Crippen molar-refractivity contribution in [3.8, 4) is 0 Å². The summed E-state index contributed by atoms with van der Waals surface area (Å²) in [6, 6.07) is 9.67. The van der Waals surface area contributed by atoms with Gasteiger partial charge in [0.15, 0.2) is 0 Å². The van der Waals surface area contributed by atoms with Crippen LogP contribution < -0.4 is 5.32 Å². The van der Waals surface area contributed by atoms with E-state index in [4.69, 9.17) is 0 Å². The van der Waals surface area contributed by atoms with E-state index in [1.165, 1.54) is 5.56 Å². The number of hydrogen-bond donors (Lipinski definition) is 2. The van der Waals surface area contributed by atoms with Crippen molar-refractivity contribution in [2.24, 2.45) is 0 Å². The highest BCUT2D eigenvalue weighted by molar-refractivity contribution is 5.80. The van der Waals surface area contributed by atoms with Crippen molar-refractivity contribution in [1.29, 1.82) is 0 Å². The predicted molar refractivity (Wildman–Crippen MR) is 106 cm³/mol. The number of amides is 1. The number of carbonyl (C=O) groups excluding carboxylic acids is 1. The molecule has 1 saturated carbocycles. The molecule has 28 heavy (non-hydrogen) atoms. The molecule has 1 unspecified atom stereocenters. The Bertz CT molecular complexity index is 843. The number of hydrogen-bond acceptors (Lipinski definition) is 4. The third-order valence-corrected chi connectivity index (χ3v) is 5.37. The van der Waals surface area contributed by atoms with Gasteiger partial charge in [-0.05, 0) is 39.2 Å².